The van der Waals surface area contributed by atoms with E-state index in [4.69, 9.17) is 8.83 Å². The maximum Gasteiger partial charge on any atom is 0.144 e. The predicted molar refractivity (Wildman–Crippen MR) is 237 cm³/mol. The van der Waals surface area contributed by atoms with Crippen molar-refractivity contribution in [1.29, 1.82) is 0 Å². The topological polar surface area (TPSA) is 29.5 Å². The normalized spacial score (nSPS) is 11.5. The van der Waals surface area contributed by atoms with Gasteiger partial charge in [0, 0.05) is 44.2 Å². The summed E-state index contributed by atoms with van der Waals surface area (Å²) in [5.74, 6) is 0. The fraction of sp³-hybridized carbons (Fsp3) is 0. The highest BCUT2D eigenvalue weighted by molar-refractivity contribution is 6.24. The van der Waals surface area contributed by atoms with Crippen molar-refractivity contribution in [2.24, 2.45) is 0 Å². The Balaban J connectivity index is 1.13. The molecule has 268 valence electrons. The van der Waals surface area contributed by atoms with Crippen molar-refractivity contribution in [2.45, 2.75) is 0 Å². The third kappa shape index (κ3) is 5.68. The van der Waals surface area contributed by atoms with Crippen molar-refractivity contribution >= 4 is 60.9 Å². The minimum absolute atomic E-state index is 0.822. The van der Waals surface area contributed by atoms with Crippen molar-refractivity contribution in [2.75, 3.05) is 4.90 Å². The SMILES string of the molecule is c1ccc(-c2ccc(N(c3ccc(-c4ccccc4)cc3)c3ccc4oc5c(-c6ccccc6-c6ccccc6)c6c(cc5c4c3)oc3ccccc36)cc2)cc1. The molecule has 9 aromatic carbocycles. The molecule has 3 nitrogen and oxygen atoms in total. The Hall–Kier alpha value is -7.62. The first-order chi connectivity index (χ1) is 28.3. The molecular weight excluding hydrogens is 695 g/mol. The lowest BCUT2D eigenvalue weighted by molar-refractivity contribution is 0.664. The molecule has 0 N–H and O–H groups in total. The van der Waals surface area contributed by atoms with Crippen LogP contribution in [0.2, 0.25) is 0 Å². The summed E-state index contributed by atoms with van der Waals surface area (Å²) in [4.78, 5) is 2.33. The van der Waals surface area contributed by atoms with Gasteiger partial charge in [-0.05, 0) is 93.5 Å². The molecule has 0 amide bonds. The van der Waals surface area contributed by atoms with Crippen LogP contribution in [0.3, 0.4) is 0 Å². The minimum Gasteiger partial charge on any atom is -0.456 e. The molecule has 0 radical (unpaired) electrons. The maximum absolute atomic E-state index is 6.97. The van der Waals surface area contributed by atoms with Gasteiger partial charge in [0.25, 0.3) is 0 Å². The van der Waals surface area contributed by atoms with Crippen LogP contribution >= 0.6 is 0 Å². The number of furan rings is 2. The lowest BCUT2D eigenvalue weighted by atomic mass is 9.90. The van der Waals surface area contributed by atoms with Gasteiger partial charge < -0.3 is 13.7 Å². The molecule has 0 saturated carbocycles. The summed E-state index contributed by atoms with van der Waals surface area (Å²) >= 11 is 0. The first-order valence-electron chi connectivity index (χ1n) is 19.3. The van der Waals surface area contributed by atoms with E-state index < -0.39 is 0 Å². The van der Waals surface area contributed by atoms with E-state index in [1.54, 1.807) is 0 Å². The number of anilines is 3. The van der Waals surface area contributed by atoms with Gasteiger partial charge in [-0.15, -0.1) is 0 Å². The van der Waals surface area contributed by atoms with Gasteiger partial charge in [-0.25, -0.2) is 0 Å². The molecule has 11 rings (SSSR count). The zero-order valence-electron chi connectivity index (χ0n) is 31.0. The number of hydrogen-bond acceptors (Lipinski definition) is 3. The first-order valence-corrected chi connectivity index (χ1v) is 19.3. The minimum atomic E-state index is 0.822. The summed E-state index contributed by atoms with van der Waals surface area (Å²) in [7, 11) is 0. The molecule has 57 heavy (non-hydrogen) atoms. The van der Waals surface area contributed by atoms with Crippen LogP contribution in [-0.2, 0) is 0 Å². The van der Waals surface area contributed by atoms with E-state index in [0.29, 0.717) is 0 Å². The number of nitrogens with zero attached hydrogens (tertiary/aromatic N) is 1. The van der Waals surface area contributed by atoms with Gasteiger partial charge in [-0.1, -0.05) is 158 Å². The largest absolute Gasteiger partial charge is 0.456 e. The van der Waals surface area contributed by atoms with Crippen LogP contribution < -0.4 is 4.90 Å². The molecule has 2 heterocycles. The average Bonchev–Trinajstić information content (AvgIpc) is 3.85. The molecule has 0 unspecified atom stereocenters. The highest BCUT2D eigenvalue weighted by atomic mass is 16.3. The Morgan fingerprint density at radius 3 is 1.42 bits per heavy atom. The molecule has 0 spiro atoms. The van der Waals surface area contributed by atoms with Gasteiger partial charge >= 0.3 is 0 Å². The molecular formula is C54H35NO2. The van der Waals surface area contributed by atoms with Gasteiger partial charge in [-0.2, -0.15) is 0 Å². The zero-order chi connectivity index (χ0) is 37.7. The van der Waals surface area contributed by atoms with E-state index in [-0.39, 0.29) is 0 Å². The van der Waals surface area contributed by atoms with Crippen LogP contribution in [0.1, 0.15) is 0 Å². The van der Waals surface area contributed by atoms with Crippen LogP contribution in [0.4, 0.5) is 17.1 Å². The molecule has 0 saturated heterocycles. The van der Waals surface area contributed by atoms with Crippen molar-refractivity contribution < 1.29 is 8.83 Å². The second-order valence-corrected chi connectivity index (χ2v) is 14.5. The van der Waals surface area contributed by atoms with Crippen molar-refractivity contribution in [3.63, 3.8) is 0 Å². The summed E-state index contributed by atoms with van der Waals surface area (Å²) in [6, 6.07) is 74.9. The van der Waals surface area contributed by atoms with Gasteiger partial charge in [0.1, 0.15) is 22.3 Å². The summed E-state index contributed by atoms with van der Waals surface area (Å²) in [6.07, 6.45) is 0. The third-order valence-corrected chi connectivity index (χ3v) is 11.1. The van der Waals surface area contributed by atoms with Gasteiger partial charge in [0.15, 0.2) is 0 Å². The fourth-order valence-electron chi connectivity index (χ4n) is 8.38. The standard InChI is InChI=1S/C54H35NO2/c1-4-14-36(15-5-1)38-24-28-41(29-25-38)55(42-30-26-39(27-31-42)37-16-6-2-7-17-37)43-32-33-50-47(34-43)48-35-51-52(46-22-12-13-23-49(46)56-51)53(54(48)57-50)45-21-11-10-20-44(45)40-18-8-3-9-19-40/h1-35H. The van der Waals surface area contributed by atoms with Crippen LogP contribution in [0.15, 0.2) is 221 Å². The Morgan fingerprint density at radius 1 is 0.298 bits per heavy atom. The molecule has 0 aliphatic rings. The average molecular weight is 730 g/mol. The van der Waals surface area contributed by atoms with E-state index in [0.717, 1.165) is 83.2 Å². The monoisotopic (exact) mass is 729 g/mol. The molecule has 3 heteroatoms. The first kappa shape index (κ1) is 32.8. The molecule has 0 atom stereocenters. The molecule has 11 aromatic rings. The molecule has 0 aliphatic heterocycles. The molecule has 0 fully saturated rings. The highest BCUT2D eigenvalue weighted by Crippen LogP contribution is 2.48. The number of fused-ring (bicyclic) bond motifs is 6. The fourth-order valence-corrected chi connectivity index (χ4v) is 8.38. The van der Waals surface area contributed by atoms with Crippen molar-refractivity contribution in [1.82, 2.24) is 0 Å². The van der Waals surface area contributed by atoms with Crippen molar-refractivity contribution in [3.8, 4) is 44.5 Å². The van der Waals surface area contributed by atoms with Crippen LogP contribution in [0, 0.1) is 0 Å². The zero-order valence-corrected chi connectivity index (χ0v) is 31.0. The molecule has 0 bridgehead atoms. The van der Waals surface area contributed by atoms with E-state index in [2.05, 4.69) is 205 Å². The van der Waals surface area contributed by atoms with E-state index in [1.165, 1.54) is 22.3 Å². The van der Waals surface area contributed by atoms with Gasteiger partial charge in [0.2, 0.25) is 0 Å². The number of benzene rings is 9. The maximum atomic E-state index is 6.97. The lowest BCUT2D eigenvalue weighted by Gasteiger charge is -2.26. The van der Waals surface area contributed by atoms with Gasteiger partial charge in [0.05, 0.1) is 0 Å². The summed E-state index contributed by atoms with van der Waals surface area (Å²) < 4.78 is 13.6. The molecule has 2 aromatic heterocycles. The van der Waals surface area contributed by atoms with Crippen LogP contribution in [-0.4, -0.2) is 0 Å². The Labute approximate surface area is 330 Å². The third-order valence-electron chi connectivity index (χ3n) is 11.1. The van der Waals surface area contributed by atoms with E-state index in [1.807, 2.05) is 12.1 Å². The quantitative estimate of drug-likeness (QED) is 0.164. The number of hydrogen-bond donors (Lipinski definition) is 0. The highest BCUT2D eigenvalue weighted by Gasteiger charge is 2.24. The number of para-hydroxylation sites is 1. The van der Waals surface area contributed by atoms with E-state index in [9.17, 15) is 0 Å². The Kier molecular flexibility index (Phi) is 7.82. The van der Waals surface area contributed by atoms with Crippen molar-refractivity contribution in [3.05, 3.63) is 212 Å². The summed E-state index contributed by atoms with van der Waals surface area (Å²) in [6.45, 7) is 0. The van der Waals surface area contributed by atoms with Crippen LogP contribution in [0.5, 0.6) is 0 Å². The predicted octanol–water partition coefficient (Wildman–Crippen LogP) is 15.6. The Morgan fingerprint density at radius 2 is 0.789 bits per heavy atom. The lowest BCUT2D eigenvalue weighted by Crippen LogP contribution is -2.09. The smallest absolute Gasteiger partial charge is 0.144 e. The Bertz CT molecular complexity index is 3120. The summed E-state index contributed by atoms with van der Waals surface area (Å²) in [5.41, 5.74) is 15.7. The second kappa shape index (κ2) is 13.6. The van der Waals surface area contributed by atoms with Gasteiger partial charge in [-0.3, -0.25) is 0 Å². The van der Waals surface area contributed by atoms with Crippen LogP contribution in [0.25, 0.3) is 88.4 Å². The van der Waals surface area contributed by atoms with E-state index >= 15 is 0 Å². The summed E-state index contributed by atoms with van der Waals surface area (Å²) in [5, 5.41) is 4.15. The number of rotatable bonds is 7. The molecule has 0 aliphatic carbocycles. The second-order valence-electron chi connectivity index (χ2n) is 14.5.